The minimum absolute atomic E-state index is 0.241. The second-order valence-corrected chi connectivity index (χ2v) is 11.7. The first kappa shape index (κ1) is 26.3. The minimum Gasteiger partial charge on any atom is -0.303 e. The zero-order valence-corrected chi connectivity index (χ0v) is 23.7. The summed E-state index contributed by atoms with van der Waals surface area (Å²) in [5.41, 5.74) is 9.05. The highest BCUT2D eigenvalue weighted by Gasteiger charge is 2.37. The third-order valence-electron chi connectivity index (χ3n) is 9.22. The summed E-state index contributed by atoms with van der Waals surface area (Å²) in [5, 5.41) is 13.0. The van der Waals surface area contributed by atoms with Gasteiger partial charge in [-0.25, -0.2) is 0 Å². The minimum atomic E-state index is -0.482. The Labute approximate surface area is 239 Å². The van der Waals surface area contributed by atoms with Crippen LogP contribution >= 0.6 is 0 Å². The predicted octanol–water partition coefficient (Wildman–Crippen LogP) is 9.12. The standard InChI is InChI=1S/C38H38N2/c1-28(2)38(27-39,36-18-9-14-29-11-3-6-15-33(29)36)23-10-24-40-25-21-32(22-26-40)37-34-16-7-4-12-30(34)19-20-31-13-5-8-17-35(31)37/h3-9,11-20,28H,10,21-26H2,1-2H3. The Morgan fingerprint density at radius 2 is 1.38 bits per heavy atom. The number of rotatable bonds is 6. The summed E-state index contributed by atoms with van der Waals surface area (Å²) in [6.45, 7) is 7.61. The highest BCUT2D eigenvalue weighted by atomic mass is 15.1. The van der Waals surface area contributed by atoms with Crippen LogP contribution < -0.4 is 0 Å². The maximum absolute atomic E-state index is 10.6. The van der Waals surface area contributed by atoms with Crippen molar-refractivity contribution in [2.75, 3.05) is 19.6 Å². The third-order valence-corrected chi connectivity index (χ3v) is 9.22. The molecule has 0 radical (unpaired) electrons. The summed E-state index contributed by atoms with van der Waals surface area (Å²) in [7, 11) is 0. The summed E-state index contributed by atoms with van der Waals surface area (Å²) < 4.78 is 0. The Morgan fingerprint density at radius 1 is 0.775 bits per heavy atom. The van der Waals surface area contributed by atoms with E-state index in [-0.39, 0.29) is 5.92 Å². The van der Waals surface area contributed by atoms with Crippen LogP contribution in [-0.4, -0.2) is 24.5 Å². The molecule has 2 nitrogen and oxygen atoms in total. The van der Waals surface area contributed by atoms with Crippen molar-refractivity contribution in [3.63, 3.8) is 0 Å². The van der Waals surface area contributed by atoms with E-state index in [0.29, 0.717) is 0 Å². The molecule has 0 spiro atoms. The molecule has 1 heterocycles. The van der Waals surface area contributed by atoms with Gasteiger partial charge in [-0.3, -0.25) is 0 Å². The molecule has 1 aliphatic heterocycles. The van der Waals surface area contributed by atoms with Crippen LogP contribution in [0.3, 0.4) is 0 Å². The van der Waals surface area contributed by atoms with Gasteiger partial charge in [-0.15, -0.1) is 0 Å². The number of nitrogens with zero attached hydrogens (tertiary/aromatic N) is 2. The molecule has 0 bridgehead atoms. The number of hydrogen-bond donors (Lipinski definition) is 0. The maximum Gasteiger partial charge on any atom is 0.0851 e. The fourth-order valence-electron chi connectivity index (χ4n) is 6.92. The van der Waals surface area contributed by atoms with Gasteiger partial charge >= 0.3 is 0 Å². The molecule has 40 heavy (non-hydrogen) atoms. The fourth-order valence-corrected chi connectivity index (χ4v) is 6.92. The Balaban J connectivity index is 1.20. The summed E-state index contributed by atoms with van der Waals surface area (Å²) in [4.78, 5) is 2.61. The molecule has 2 aliphatic rings. The van der Waals surface area contributed by atoms with Crippen molar-refractivity contribution in [1.29, 1.82) is 5.26 Å². The Bertz CT molecular complexity index is 1570. The quantitative estimate of drug-likeness (QED) is 0.222. The van der Waals surface area contributed by atoms with Crippen LogP contribution in [0.1, 0.15) is 67.3 Å². The molecule has 200 valence electrons. The number of piperidine rings is 1. The topological polar surface area (TPSA) is 27.0 Å². The molecule has 1 fully saturated rings. The normalized spacial score (nSPS) is 16.8. The highest BCUT2D eigenvalue weighted by Crippen LogP contribution is 2.41. The summed E-state index contributed by atoms with van der Waals surface area (Å²) >= 11 is 0. The predicted molar refractivity (Wildman–Crippen MR) is 169 cm³/mol. The lowest BCUT2D eigenvalue weighted by molar-refractivity contribution is 0.238. The van der Waals surface area contributed by atoms with Crippen molar-refractivity contribution in [2.24, 2.45) is 5.92 Å². The van der Waals surface area contributed by atoms with E-state index < -0.39 is 5.41 Å². The SMILES string of the molecule is CC(C)C(C#N)(CCCN1CCC(=C2c3ccccc3C=Cc3ccccc32)CC1)c1cccc2ccccc12. The van der Waals surface area contributed by atoms with Crippen molar-refractivity contribution in [3.05, 3.63) is 124 Å². The van der Waals surface area contributed by atoms with Gasteiger partial charge in [0.25, 0.3) is 0 Å². The molecule has 0 amide bonds. The Hall–Kier alpha value is -3.93. The van der Waals surface area contributed by atoms with Gasteiger partial charge in [0.15, 0.2) is 0 Å². The average Bonchev–Trinajstić information content (AvgIpc) is 3.16. The zero-order valence-electron chi connectivity index (χ0n) is 23.7. The van der Waals surface area contributed by atoms with Gasteiger partial charge in [-0.05, 0) is 82.3 Å². The molecule has 1 saturated heterocycles. The Morgan fingerprint density at radius 3 is 2.02 bits per heavy atom. The molecule has 1 atom stereocenters. The molecule has 0 N–H and O–H groups in total. The van der Waals surface area contributed by atoms with Gasteiger partial charge in [-0.2, -0.15) is 5.26 Å². The van der Waals surface area contributed by atoms with Gasteiger partial charge in [-0.1, -0.05) is 123 Å². The monoisotopic (exact) mass is 522 g/mol. The van der Waals surface area contributed by atoms with E-state index in [9.17, 15) is 5.26 Å². The largest absolute Gasteiger partial charge is 0.303 e. The van der Waals surface area contributed by atoms with E-state index >= 15 is 0 Å². The molecule has 6 rings (SSSR count). The van der Waals surface area contributed by atoms with E-state index in [1.807, 2.05) is 0 Å². The van der Waals surface area contributed by atoms with Crippen molar-refractivity contribution < 1.29 is 0 Å². The number of benzene rings is 4. The second-order valence-electron chi connectivity index (χ2n) is 11.7. The molecular formula is C38H38N2. The van der Waals surface area contributed by atoms with E-state index in [2.05, 4.69) is 128 Å². The van der Waals surface area contributed by atoms with Crippen LogP contribution in [0.15, 0.2) is 96.6 Å². The fraction of sp³-hybridized carbons (Fsp3) is 0.289. The number of hydrogen-bond acceptors (Lipinski definition) is 2. The van der Waals surface area contributed by atoms with Crippen molar-refractivity contribution in [3.8, 4) is 6.07 Å². The lowest BCUT2D eigenvalue weighted by Crippen LogP contribution is -2.35. The van der Waals surface area contributed by atoms with E-state index in [0.717, 1.165) is 45.3 Å². The van der Waals surface area contributed by atoms with Gasteiger partial charge in [0, 0.05) is 13.1 Å². The van der Waals surface area contributed by atoms with Gasteiger partial charge < -0.3 is 4.90 Å². The molecule has 0 aromatic heterocycles. The molecule has 0 saturated carbocycles. The van der Waals surface area contributed by atoms with Crippen molar-refractivity contribution in [1.82, 2.24) is 4.90 Å². The van der Waals surface area contributed by atoms with E-state index in [1.165, 1.54) is 44.2 Å². The second kappa shape index (κ2) is 11.3. The van der Waals surface area contributed by atoms with Crippen LogP contribution in [0, 0.1) is 17.2 Å². The molecule has 1 aliphatic carbocycles. The van der Waals surface area contributed by atoms with E-state index in [4.69, 9.17) is 0 Å². The van der Waals surface area contributed by atoms with Crippen molar-refractivity contribution >= 4 is 28.5 Å². The van der Waals surface area contributed by atoms with Crippen LogP contribution in [0.5, 0.6) is 0 Å². The van der Waals surface area contributed by atoms with Crippen LogP contribution in [0.4, 0.5) is 0 Å². The van der Waals surface area contributed by atoms with Crippen molar-refractivity contribution in [2.45, 2.75) is 44.9 Å². The number of nitriles is 1. The molecule has 1 unspecified atom stereocenters. The zero-order chi connectivity index (χ0) is 27.5. The number of fused-ring (bicyclic) bond motifs is 3. The smallest absolute Gasteiger partial charge is 0.0851 e. The average molecular weight is 523 g/mol. The van der Waals surface area contributed by atoms with Crippen LogP contribution in [0.25, 0.3) is 28.5 Å². The van der Waals surface area contributed by atoms with Gasteiger partial charge in [0.2, 0.25) is 0 Å². The number of likely N-dealkylation sites (tertiary alicyclic amines) is 1. The van der Waals surface area contributed by atoms with Gasteiger partial charge in [0.1, 0.15) is 0 Å². The lowest BCUT2D eigenvalue weighted by Gasteiger charge is -2.34. The maximum atomic E-state index is 10.6. The summed E-state index contributed by atoms with van der Waals surface area (Å²) in [6.07, 6.45) is 8.62. The molecule has 2 heteroatoms. The lowest BCUT2D eigenvalue weighted by atomic mass is 9.68. The van der Waals surface area contributed by atoms with Crippen LogP contribution in [-0.2, 0) is 5.41 Å². The summed E-state index contributed by atoms with van der Waals surface area (Å²) in [5.74, 6) is 0.241. The highest BCUT2D eigenvalue weighted by molar-refractivity contribution is 5.95. The first-order chi connectivity index (χ1) is 19.6. The first-order valence-electron chi connectivity index (χ1n) is 14.8. The third kappa shape index (κ3) is 4.80. The Kier molecular flexibility index (Phi) is 7.42. The van der Waals surface area contributed by atoms with Gasteiger partial charge in [0.05, 0.1) is 11.5 Å². The summed E-state index contributed by atoms with van der Waals surface area (Å²) in [6, 6.07) is 35.4. The van der Waals surface area contributed by atoms with E-state index in [1.54, 1.807) is 5.57 Å². The molecular weight excluding hydrogens is 484 g/mol. The molecule has 4 aromatic rings. The van der Waals surface area contributed by atoms with Crippen LogP contribution in [0.2, 0.25) is 0 Å². The molecule has 4 aromatic carbocycles. The first-order valence-corrected chi connectivity index (χ1v) is 14.8.